The van der Waals surface area contributed by atoms with E-state index in [9.17, 15) is 4.79 Å². The van der Waals surface area contributed by atoms with Crippen LogP contribution in [0.1, 0.15) is 28.4 Å². The van der Waals surface area contributed by atoms with Crippen molar-refractivity contribution in [3.63, 3.8) is 0 Å². The SMILES string of the molecule is CC(Cn1cccn1)NC(=O)c1ccc2c3c(cccc13)CC2. The summed E-state index contributed by atoms with van der Waals surface area (Å²) in [4.78, 5) is 12.7. The minimum atomic E-state index is -0.0137. The maximum Gasteiger partial charge on any atom is 0.252 e. The summed E-state index contributed by atoms with van der Waals surface area (Å²) in [5.74, 6) is -0.0137. The van der Waals surface area contributed by atoms with E-state index >= 15 is 0 Å². The van der Waals surface area contributed by atoms with Gasteiger partial charge in [-0.15, -0.1) is 0 Å². The fourth-order valence-electron chi connectivity index (χ4n) is 3.48. The molecule has 1 heterocycles. The number of carbonyl (C=O) groups is 1. The topological polar surface area (TPSA) is 46.9 Å². The summed E-state index contributed by atoms with van der Waals surface area (Å²) in [5.41, 5.74) is 3.48. The van der Waals surface area contributed by atoms with E-state index in [-0.39, 0.29) is 11.9 Å². The Bertz CT molecular complexity index is 857. The summed E-state index contributed by atoms with van der Waals surface area (Å²) >= 11 is 0. The van der Waals surface area contributed by atoms with E-state index in [1.54, 1.807) is 6.20 Å². The maximum absolute atomic E-state index is 12.7. The normalized spacial score (nSPS) is 14.1. The Labute approximate surface area is 135 Å². The van der Waals surface area contributed by atoms with Crippen molar-refractivity contribution in [3.05, 3.63) is 65.5 Å². The lowest BCUT2D eigenvalue weighted by atomic mass is 9.99. The van der Waals surface area contributed by atoms with Crippen LogP contribution >= 0.6 is 0 Å². The second kappa shape index (κ2) is 5.54. The summed E-state index contributed by atoms with van der Waals surface area (Å²) in [6.07, 6.45) is 5.81. The van der Waals surface area contributed by atoms with Gasteiger partial charge in [0.15, 0.2) is 0 Å². The number of aromatic nitrogens is 2. The third-order valence-electron chi connectivity index (χ3n) is 4.52. The van der Waals surface area contributed by atoms with Gasteiger partial charge in [-0.05, 0) is 53.8 Å². The molecule has 0 aliphatic heterocycles. The van der Waals surface area contributed by atoms with Crippen molar-refractivity contribution in [1.29, 1.82) is 0 Å². The molecule has 4 nitrogen and oxygen atoms in total. The number of hydrogen-bond donors (Lipinski definition) is 1. The Morgan fingerprint density at radius 2 is 2.04 bits per heavy atom. The first-order chi connectivity index (χ1) is 11.2. The number of nitrogens with one attached hydrogen (secondary N) is 1. The number of aryl methyl sites for hydroxylation is 2. The molecule has 23 heavy (non-hydrogen) atoms. The highest BCUT2D eigenvalue weighted by atomic mass is 16.1. The molecule has 1 N–H and O–H groups in total. The molecule has 1 aliphatic carbocycles. The van der Waals surface area contributed by atoms with Gasteiger partial charge in [0.05, 0.1) is 6.54 Å². The molecular formula is C19H19N3O. The third kappa shape index (κ3) is 2.50. The Balaban J connectivity index is 1.61. The van der Waals surface area contributed by atoms with Gasteiger partial charge < -0.3 is 5.32 Å². The van der Waals surface area contributed by atoms with Gasteiger partial charge in [0.2, 0.25) is 0 Å². The molecule has 1 atom stereocenters. The zero-order valence-corrected chi connectivity index (χ0v) is 13.1. The van der Waals surface area contributed by atoms with Gasteiger partial charge in [-0.3, -0.25) is 9.48 Å². The van der Waals surface area contributed by atoms with Crippen molar-refractivity contribution in [1.82, 2.24) is 15.1 Å². The fraction of sp³-hybridized carbons (Fsp3) is 0.263. The highest BCUT2D eigenvalue weighted by molar-refractivity contribution is 6.09. The molecule has 2 aromatic carbocycles. The van der Waals surface area contributed by atoms with Crippen LogP contribution in [0.2, 0.25) is 0 Å². The predicted octanol–water partition coefficient (Wildman–Crippen LogP) is 2.95. The van der Waals surface area contributed by atoms with Crippen LogP contribution in [0.15, 0.2) is 48.8 Å². The average Bonchev–Trinajstić information content (AvgIpc) is 3.19. The fourth-order valence-corrected chi connectivity index (χ4v) is 3.48. The quantitative estimate of drug-likeness (QED) is 0.805. The van der Waals surface area contributed by atoms with Crippen molar-refractivity contribution in [3.8, 4) is 0 Å². The summed E-state index contributed by atoms with van der Waals surface area (Å²) in [6, 6.07) is 12.2. The summed E-state index contributed by atoms with van der Waals surface area (Å²) < 4.78 is 1.83. The van der Waals surface area contributed by atoms with Crippen LogP contribution in [0.4, 0.5) is 0 Å². The van der Waals surface area contributed by atoms with E-state index in [2.05, 4.69) is 34.7 Å². The molecule has 4 rings (SSSR count). The minimum Gasteiger partial charge on any atom is -0.348 e. The van der Waals surface area contributed by atoms with Gasteiger partial charge in [-0.2, -0.15) is 5.10 Å². The lowest BCUT2D eigenvalue weighted by Crippen LogP contribution is -2.35. The molecule has 0 bridgehead atoms. The predicted molar refractivity (Wildman–Crippen MR) is 90.5 cm³/mol. The van der Waals surface area contributed by atoms with Crippen molar-refractivity contribution >= 4 is 16.7 Å². The summed E-state index contributed by atoms with van der Waals surface area (Å²) in [5, 5.41) is 9.62. The minimum absolute atomic E-state index is 0.0137. The lowest BCUT2D eigenvalue weighted by molar-refractivity contribution is 0.0937. The largest absolute Gasteiger partial charge is 0.348 e. The summed E-state index contributed by atoms with van der Waals surface area (Å²) in [7, 11) is 0. The molecule has 0 radical (unpaired) electrons. The van der Waals surface area contributed by atoms with Crippen molar-refractivity contribution in [2.24, 2.45) is 0 Å². The van der Waals surface area contributed by atoms with Crippen LogP contribution in [0.25, 0.3) is 10.8 Å². The molecule has 116 valence electrons. The molecule has 1 aliphatic rings. The number of rotatable bonds is 4. The third-order valence-corrected chi connectivity index (χ3v) is 4.52. The molecular weight excluding hydrogens is 286 g/mol. The van der Waals surface area contributed by atoms with E-state index in [0.29, 0.717) is 6.54 Å². The lowest BCUT2D eigenvalue weighted by Gasteiger charge is -2.15. The molecule has 1 aromatic heterocycles. The Morgan fingerprint density at radius 1 is 1.22 bits per heavy atom. The van der Waals surface area contributed by atoms with Crippen molar-refractivity contribution in [2.45, 2.75) is 32.4 Å². The first-order valence-corrected chi connectivity index (χ1v) is 8.04. The van der Waals surface area contributed by atoms with Gasteiger partial charge in [0.1, 0.15) is 0 Å². The molecule has 0 saturated heterocycles. The molecule has 1 unspecified atom stereocenters. The standard InChI is InChI=1S/C19H19N3O/c1-13(12-22-11-3-10-20-22)21-19(23)17-9-8-15-7-6-14-4-2-5-16(17)18(14)15/h2-5,8-11,13H,6-7,12H2,1H3,(H,21,23). The maximum atomic E-state index is 12.7. The van der Waals surface area contributed by atoms with Crippen LogP contribution < -0.4 is 5.32 Å². The van der Waals surface area contributed by atoms with E-state index in [1.165, 1.54) is 16.5 Å². The van der Waals surface area contributed by atoms with E-state index < -0.39 is 0 Å². The molecule has 4 heteroatoms. The van der Waals surface area contributed by atoms with Crippen molar-refractivity contribution in [2.75, 3.05) is 0 Å². The highest BCUT2D eigenvalue weighted by Gasteiger charge is 2.19. The highest BCUT2D eigenvalue weighted by Crippen LogP contribution is 2.32. The monoisotopic (exact) mass is 305 g/mol. The van der Waals surface area contributed by atoms with Crippen molar-refractivity contribution < 1.29 is 4.79 Å². The number of benzene rings is 2. The Hall–Kier alpha value is -2.62. The number of hydrogen-bond acceptors (Lipinski definition) is 2. The van der Waals surface area contributed by atoms with Crippen LogP contribution in [0.3, 0.4) is 0 Å². The van der Waals surface area contributed by atoms with Gasteiger partial charge in [0.25, 0.3) is 5.91 Å². The first-order valence-electron chi connectivity index (χ1n) is 8.04. The zero-order valence-electron chi connectivity index (χ0n) is 13.1. The van der Waals surface area contributed by atoms with Gasteiger partial charge in [0, 0.05) is 24.0 Å². The number of nitrogens with zero attached hydrogens (tertiary/aromatic N) is 2. The smallest absolute Gasteiger partial charge is 0.252 e. The van der Waals surface area contributed by atoms with Crippen LogP contribution in [0, 0.1) is 0 Å². The second-order valence-corrected chi connectivity index (χ2v) is 6.21. The second-order valence-electron chi connectivity index (χ2n) is 6.21. The molecule has 0 fully saturated rings. The van der Waals surface area contributed by atoms with Gasteiger partial charge in [-0.25, -0.2) is 0 Å². The van der Waals surface area contributed by atoms with Gasteiger partial charge in [-0.1, -0.05) is 24.3 Å². The Kier molecular flexibility index (Phi) is 3.37. The molecule has 1 amide bonds. The summed E-state index contributed by atoms with van der Waals surface area (Å²) in [6.45, 7) is 2.67. The van der Waals surface area contributed by atoms with Crippen LogP contribution in [-0.2, 0) is 19.4 Å². The van der Waals surface area contributed by atoms with E-state index in [4.69, 9.17) is 0 Å². The first kappa shape index (κ1) is 14.0. The molecule has 0 saturated carbocycles. The van der Waals surface area contributed by atoms with E-state index in [0.717, 1.165) is 23.8 Å². The van der Waals surface area contributed by atoms with Crippen LogP contribution in [-0.4, -0.2) is 21.7 Å². The number of amides is 1. The zero-order chi connectivity index (χ0) is 15.8. The molecule has 0 spiro atoms. The van der Waals surface area contributed by atoms with E-state index in [1.807, 2.05) is 29.9 Å². The molecule has 3 aromatic rings. The Morgan fingerprint density at radius 3 is 2.83 bits per heavy atom. The van der Waals surface area contributed by atoms with Crippen LogP contribution in [0.5, 0.6) is 0 Å². The average molecular weight is 305 g/mol. The van der Waals surface area contributed by atoms with Gasteiger partial charge >= 0.3 is 0 Å². The number of carbonyl (C=O) groups excluding carboxylic acids is 1.